The number of hydrogen-bond acceptors (Lipinski definition) is 2. The molecule has 0 fully saturated rings. The number of furan rings is 1. The number of rotatable bonds is 1. The van der Waals surface area contributed by atoms with Gasteiger partial charge in [0.2, 0.25) is 0 Å². The van der Waals surface area contributed by atoms with Crippen LogP contribution in [-0.2, 0) is 21.7 Å². The van der Waals surface area contributed by atoms with Crippen LogP contribution in [0.2, 0.25) is 0 Å². The van der Waals surface area contributed by atoms with Crippen LogP contribution in [0.15, 0.2) is 144 Å². The maximum Gasteiger partial charge on any atom is 0.333 e. The van der Waals surface area contributed by atoms with Crippen LogP contribution in [0.25, 0.3) is 82.8 Å². The molecule has 2 aromatic heterocycles. The first-order chi connectivity index (χ1) is 31.5. The second-order valence-corrected chi connectivity index (χ2v) is 22.9. The summed E-state index contributed by atoms with van der Waals surface area (Å²) in [6.07, 6.45) is 0. The van der Waals surface area contributed by atoms with Crippen LogP contribution in [0.4, 0.5) is 11.4 Å². The van der Waals surface area contributed by atoms with Crippen LogP contribution >= 0.6 is 0 Å². The van der Waals surface area contributed by atoms with Crippen LogP contribution in [0, 0.1) is 0 Å². The Kier molecular flexibility index (Phi) is 7.09. The molecular formula is C62H53BN2O. The Morgan fingerprint density at radius 2 is 1.14 bits per heavy atom. The first-order valence-corrected chi connectivity index (χ1v) is 24.0. The molecule has 3 nitrogen and oxygen atoms in total. The molecule has 0 saturated heterocycles. The van der Waals surface area contributed by atoms with E-state index < -0.39 is 0 Å². The van der Waals surface area contributed by atoms with Gasteiger partial charge in [0.1, 0.15) is 11.2 Å². The van der Waals surface area contributed by atoms with Gasteiger partial charge >= 0.3 is 6.85 Å². The van der Waals surface area contributed by atoms with Gasteiger partial charge in [-0.05, 0) is 131 Å². The van der Waals surface area contributed by atoms with Crippen molar-refractivity contribution < 1.29 is 4.42 Å². The number of fused-ring (bicyclic) bond motifs is 18. The summed E-state index contributed by atoms with van der Waals surface area (Å²) >= 11 is 0. The molecule has 0 atom stereocenters. The third-order valence-corrected chi connectivity index (χ3v) is 16.5. The first kappa shape index (κ1) is 38.5. The smallest absolute Gasteiger partial charge is 0.333 e. The Bertz CT molecular complexity index is 3840. The highest BCUT2D eigenvalue weighted by atomic mass is 16.3. The van der Waals surface area contributed by atoms with Crippen molar-refractivity contribution >= 4 is 72.9 Å². The van der Waals surface area contributed by atoms with Crippen molar-refractivity contribution in [1.82, 2.24) is 4.57 Å². The van der Waals surface area contributed by atoms with Crippen molar-refractivity contribution in [1.29, 1.82) is 0 Å². The number of benzene rings is 8. The molecule has 2 aliphatic carbocycles. The van der Waals surface area contributed by atoms with E-state index in [-0.39, 0.29) is 28.5 Å². The third kappa shape index (κ3) is 4.70. The quantitative estimate of drug-likeness (QED) is 0.153. The average Bonchev–Trinajstić information content (AvgIpc) is 3.97. The zero-order valence-corrected chi connectivity index (χ0v) is 39.7. The lowest BCUT2D eigenvalue weighted by Crippen LogP contribution is -2.60. The minimum absolute atomic E-state index is 0.0269. The second kappa shape index (κ2) is 12.2. The minimum Gasteiger partial charge on any atom is -0.455 e. The van der Waals surface area contributed by atoms with E-state index in [1.54, 1.807) is 0 Å². The summed E-state index contributed by atoms with van der Waals surface area (Å²) in [7, 11) is 0. The van der Waals surface area contributed by atoms with Crippen LogP contribution < -0.4 is 15.7 Å². The molecule has 0 N–H and O–H groups in total. The lowest BCUT2D eigenvalue weighted by Gasteiger charge is -2.43. The topological polar surface area (TPSA) is 21.3 Å². The molecular weight excluding hydrogens is 800 g/mol. The average molecular weight is 853 g/mol. The van der Waals surface area contributed by atoms with Gasteiger partial charge in [-0.1, -0.05) is 160 Å². The van der Waals surface area contributed by atoms with E-state index in [0.717, 1.165) is 21.9 Å². The first-order valence-electron chi connectivity index (χ1n) is 24.0. The summed E-state index contributed by atoms with van der Waals surface area (Å²) in [5, 5.41) is 4.74. The largest absolute Gasteiger partial charge is 0.455 e. The van der Waals surface area contributed by atoms with Gasteiger partial charge in [-0.15, -0.1) is 0 Å². The van der Waals surface area contributed by atoms with Crippen LogP contribution in [0.3, 0.4) is 0 Å². The fourth-order valence-corrected chi connectivity index (χ4v) is 13.0. The second-order valence-electron chi connectivity index (χ2n) is 22.9. The standard InChI is InChI=1S/C62H53BN2O/c1-59(2,3)34-19-22-36(23-20-34)65-52-32-44-42-29-35(60(4,5)6)21-27-47(42)62(9,10)48(44)30-45(52)39-24-25-41-55-51(28-26-40-38-16-12-14-18-54(38)66-58(40)55)64-53-33-49-43(31-50(53)63(65)56(39)57(41)64)37-15-11-13-17-46(37)61(49,7)8/h11-33H,1-10H3. The van der Waals surface area contributed by atoms with E-state index in [2.05, 4.69) is 218 Å². The zero-order valence-electron chi connectivity index (χ0n) is 39.7. The molecule has 10 aromatic rings. The van der Waals surface area contributed by atoms with Crippen molar-refractivity contribution in [3.05, 3.63) is 173 Å². The number of hydrogen-bond donors (Lipinski definition) is 0. The van der Waals surface area contributed by atoms with Crippen molar-refractivity contribution in [2.45, 2.75) is 90.9 Å². The molecule has 0 radical (unpaired) electrons. The predicted octanol–water partition coefficient (Wildman–Crippen LogP) is 15.1. The molecule has 2 aliphatic heterocycles. The molecule has 4 heteroatoms. The molecule has 14 rings (SSSR count). The lowest BCUT2D eigenvalue weighted by atomic mass is 9.43. The summed E-state index contributed by atoms with van der Waals surface area (Å²) < 4.78 is 9.54. The summed E-state index contributed by atoms with van der Waals surface area (Å²) in [5.41, 5.74) is 26.8. The Hall–Kier alpha value is -6.78. The van der Waals surface area contributed by atoms with E-state index in [9.17, 15) is 0 Å². The van der Waals surface area contributed by atoms with Gasteiger partial charge in [0, 0.05) is 49.6 Å². The fraction of sp³-hybridized carbons (Fsp3) is 0.226. The normalized spacial score (nSPS) is 15.9. The number of anilines is 2. The van der Waals surface area contributed by atoms with Crippen molar-refractivity contribution in [3.8, 4) is 39.1 Å². The highest BCUT2D eigenvalue weighted by Crippen LogP contribution is 2.56. The monoisotopic (exact) mass is 852 g/mol. The third-order valence-electron chi connectivity index (χ3n) is 16.5. The molecule has 320 valence electrons. The highest BCUT2D eigenvalue weighted by Gasteiger charge is 2.48. The van der Waals surface area contributed by atoms with E-state index in [1.165, 1.54) is 117 Å². The summed E-state index contributed by atoms with van der Waals surface area (Å²) in [6, 6.07) is 54.2. The Balaban J connectivity index is 1.15. The molecule has 0 unspecified atom stereocenters. The van der Waals surface area contributed by atoms with Gasteiger partial charge in [-0.2, -0.15) is 0 Å². The van der Waals surface area contributed by atoms with Crippen molar-refractivity contribution in [2.24, 2.45) is 0 Å². The summed E-state index contributed by atoms with van der Waals surface area (Å²) in [5.74, 6) is 0. The Morgan fingerprint density at radius 1 is 0.485 bits per heavy atom. The molecule has 4 aliphatic rings. The maximum absolute atomic E-state index is 6.92. The van der Waals surface area contributed by atoms with Gasteiger partial charge < -0.3 is 13.8 Å². The van der Waals surface area contributed by atoms with Crippen LogP contribution in [0.1, 0.15) is 103 Å². The van der Waals surface area contributed by atoms with Gasteiger partial charge in [-0.3, -0.25) is 0 Å². The molecule has 0 saturated carbocycles. The van der Waals surface area contributed by atoms with Crippen molar-refractivity contribution in [3.63, 3.8) is 0 Å². The Morgan fingerprint density at radius 3 is 1.91 bits per heavy atom. The van der Waals surface area contributed by atoms with E-state index >= 15 is 0 Å². The lowest BCUT2D eigenvalue weighted by molar-refractivity contribution is 0.589. The fourth-order valence-electron chi connectivity index (χ4n) is 13.0. The van der Waals surface area contributed by atoms with Crippen LogP contribution in [-0.4, -0.2) is 11.4 Å². The number of para-hydroxylation sites is 1. The number of nitrogens with zero attached hydrogens (tertiary/aromatic N) is 2. The van der Waals surface area contributed by atoms with Gasteiger partial charge in [0.05, 0.1) is 16.4 Å². The Labute approximate surface area is 387 Å². The van der Waals surface area contributed by atoms with Gasteiger partial charge in [0.25, 0.3) is 0 Å². The maximum atomic E-state index is 6.92. The zero-order chi connectivity index (χ0) is 45.1. The predicted molar refractivity (Wildman–Crippen MR) is 280 cm³/mol. The van der Waals surface area contributed by atoms with Crippen LogP contribution in [0.5, 0.6) is 0 Å². The molecule has 0 bridgehead atoms. The van der Waals surface area contributed by atoms with E-state index in [4.69, 9.17) is 4.42 Å². The summed E-state index contributed by atoms with van der Waals surface area (Å²) in [4.78, 5) is 2.72. The van der Waals surface area contributed by atoms with Crippen molar-refractivity contribution in [2.75, 3.05) is 4.81 Å². The highest BCUT2D eigenvalue weighted by molar-refractivity contribution is 6.93. The molecule has 0 amide bonds. The summed E-state index contributed by atoms with van der Waals surface area (Å²) in [6.45, 7) is 23.5. The molecule has 8 aromatic carbocycles. The molecule has 4 heterocycles. The van der Waals surface area contributed by atoms with E-state index in [1.807, 2.05) is 0 Å². The van der Waals surface area contributed by atoms with E-state index in [0.29, 0.717) is 0 Å². The molecule has 0 spiro atoms. The SMILES string of the molecule is CC(C)(C)c1ccc(N2B3c4cc5c(cc4-n4c6ccc7c8ccccc8oc7c6c6ccc(c3c64)-c3cc4c(cc32)-c2cc(C(C)(C)C)ccc2C4(C)C)C(C)(C)c2ccccc2-5)cc1. The molecule has 66 heavy (non-hydrogen) atoms. The van der Waals surface area contributed by atoms with Gasteiger partial charge in [-0.25, -0.2) is 0 Å². The number of aromatic nitrogens is 1. The minimum atomic E-state index is -0.164. The van der Waals surface area contributed by atoms with Gasteiger partial charge in [0.15, 0.2) is 0 Å².